The predicted octanol–water partition coefficient (Wildman–Crippen LogP) is 4.72. The van der Waals surface area contributed by atoms with Gasteiger partial charge in [0.15, 0.2) is 0 Å². The van der Waals surface area contributed by atoms with E-state index in [9.17, 15) is 0 Å². The largest absolute Gasteiger partial charge is 0.242 e. The monoisotopic (exact) mass is 317 g/mol. The molecule has 0 fully saturated rings. The second kappa shape index (κ2) is 5.18. The van der Waals surface area contributed by atoms with Crippen molar-refractivity contribution in [3.8, 4) is 0 Å². The second-order valence-corrected chi connectivity index (χ2v) is 6.95. The van der Waals surface area contributed by atoms with E-state index < -0.39 is 0 Å². The van der Waals surface area contributed by atoms with Gasteiger partial charge >= 0.3 is 0 Å². The highest BCUT2D eigenvalue weighted by molar-refractivity contribution is 7.26. The van der Waals surface area contributed by atoms with E-state index in [0.717, 1.165) is 40.7 Å². The van der Waals surface area contributed by atoms with Gasteiger partial charge < -0.3 is 0 Å². The fourth-order valence-corrected chi connectivity index (χ4v) is 4.67. The fraction of sp³-hybridized carbons (Fsp3) is 0.438. The maximum absolute atomic E-state index is 6.25. The standard InChI is InChI=1S/C16H16ClN3S/c1-2-5-10-9-6-3-4-7-11(9)20-16-12(10)13-14(21-16)15(17)19-8-18-13/h8H,2-7H2,1H3. The van der Waals surface area contributed by atoms with Gasteiger partial charge in [-0.25, -0.2) is 15.0 Å². The smallest absolute Gasteiger partial charge is 0.150 e. The molecule has 0 atom stereocenters. The van der Waals surface area contributed by atoms with Crippen LogP contribution in [-0.2, 0) is 19.3 Å². The second-order valence-electron chi connectivity index (χ2n) is 5.60. The van der Waals surface area contributed by atoms with Crippen molar-refractivity contribution in [1.29, 1.82) is 0 Å². The fourth-order valence-electron chi connectivity index (χ4n) is 3.36. The molecule has 3 nitrogen and oxygen atoms in total. The minimum atomic E-state index is 0.545. The Labute approximate surface area is 132 Å². The lowest BCUT2D eigenvalue weighted by Crippen LogP contribution is -2.09. The van der Waals surface area contributed by atoms with Crippen molar-refractivity contribution in [3.63, 3.8) is 0 Å². The van der Waals surface area contributed by atoms with Crippen molar-refractivity contribution in [3.05, 3.63) is 28.3 Å². The van der Waals surface area contributed by atoms with Crippen LogP contribution in [-0.4, -0.2) is 15.0 Å². The van der Waals surface area contributed by atoms with Gasteiger partial charge in [-0.15, -0.1) is 11.3 Å². The molecule has 0 bridgehead atoms. The van der Waals surface area contributed by atoms with Gasteiger partial charge in [-0.05, 0) is 43.2 Å². The number of hydrogen-bond donors (Lipinski definition) is 0. The number of halogens is 1. The third kappa shape index (κ3) is 2.04. The van der Waals surface area contributed by atoms with Crippen LogP contribution in [0.2, 0.25) is 5.15 Å². The summed E-state index contributed by atoms with van der Waals surface area (Å²) in [7, 11) is 0. The molecule has 0 unspecified atom stereocenters. The lowest BCUT2D eigenvalue weighted by atomic mass is 9.89. The summed E-state index contributed by atoms with van der Waals surface area (Å²) >= 11 is 7.88. The molecule has 0 saturated heterocycles. The Bertz CT molecular complexity index is 841. The van der Waals surface area contributed by atoms with Crippen molar-refractivity contribution >= 4 is 43.4 Å². The lowest BCUT2D eigenvalue weighted by molar-refractivity contribution is 0.663. The van der Waals surface area contributed by atoms with E-state index in [1.54, 1.807) is 17.7 Å². The van der Waals surface area contributed by atoms with Crippen molar-refractivity contribution in [1.82, 2.24) is 15.0 Å². The molecule has 5 heteroatoms. The van der Waals surface area contributed by atoms with Crippen LogP contribution < -0.4 is 0 Å². The number of aromatic nitrogens is 3. The summed E-state index contributed by atoms with van der Waals surface area (Å²) in [6, 6.07) is 0. The molecule has 3 aromatic heterocycles. The Kier molecular flexibility index (Phi) is 3.31. The van der Waals surface area contributed by atoms with Crippen LogP contribution in [0.15, 0.2) is 6.33 Å². The number of hydrogen-bond acceptors (Lipinski definition) is 4. The molecule has 0 amide bonds. The van der Waals surface area contributed by atoms with E-state index in [-0.39, 0.29) is 0 Å². The van der Waals surface area contributed by atoms with Crippen LogP contribution in [0.3, 0.4) is 0 Å². The van der Waals surface area contributed by atoms with E-state index in [4.69, 9.17) is 16.6 Å². The Morgan fingerprint density at radius 2 is 2.10 bits per heavy atom. The first kappa shape index (κ1) is 13.4. The van der Waals surface area contributed by atoms with Crippen molar-refractivity contribution in [2.45, 2.75) is 45.4 Å². The molecule has 0 saturated carbocycles. The highest BCUT2D eigenvalue weighted by Gasteiger charge is 2.22. The summed E-state index contributed by atoms with van der Waals surface area (Å²) < 4.78 is 0.973. The van der Waals surface area contributed by atoms with Gasteiger partial charge in [-0.3, -0.25) is 0 Å². The molecule has 0 aliphatic heterocycles. The third-order valence-corrected chi connectivity index (χ3v) is 5.73. The summed E-state index contributed by atoms with van der Waals surface area (Å²) in [4.78, 5) is 14.6. The number of thiophene rings is 1. The predicted molar refractivity (Wildman–Crippen MR) is 88.4 cm³/mol. The van der Waals surface area contributed by atoms with Crippen molar-refractivity contribution in [2.75, 3.05) is 0 Å². The molecule has 3 heterocycles. The van der Waals surface area contributed by atoms with Crippen molar-refractivity contribution < 1.29 is 0 Å². The summed E-state index contributed by atoms with van der Waals surface area (Å²) in [5.41, 5.74) is 5.22. The average molecular weight is 318 g/mol. The van der Waals surface area contributed by atoms with Gasteiger partial charge in [-0.2, -0.15) is 0 Å². The van der Waals surface area contributed by atoms with Gasteiger partial charge in [0, 0.05) is 11.1 Å². The molecular formula is C16H16ClN3S. The molecule has 1 aliphatic rings. The summed E-state index contributed by atoms with van der Waals surface area (Å²) in [6.45, 7) is 2.23. The highest BCUT2D eigenvalue weighted by Crippen LogP contribution is 2.40. The van der Waals surface area contributed by atoms with Gasteiger partial charge in [0.05, 0.1) is 10.2 Å². The zero-order valence-electron chi connectivity index (χ0n) is 11.9. The van der Waals surface area contributed by atoms with E-state index >= 15 is 0 Å². The van der Waals surface area contributed by atoms with Crippen molar-refractivity contribution in [2.24, 2.45) is 0 Å². The summed E-state index contributed by atoms with van der Waals surface area (Å²) in [6.07, 6.45) is 8.58. The summed E-state index contributed by atoms with van der Waals surface area (Å²) in [5, 5.41) is 1.77. The van der Waals surface area contributed by atoms with Crippen LogP contribution in [0.5, 0.6) is 0 Å². The molecule has 4 rings (SSSR count). The minimum absolute atomic E-state index is 0.545. The molecule has 0 N–H and O–H groups in total. The maximum atomic E-state index is 6.25. The average Bonchev–Trinajstić information content (AvgIpc) is 2.87. The summed E-state index contributed by atoms with van der Waals surface area (Å²) in [5.74, 6) is 0. The molecule has 0 spiro atoms. The quantitative estimate of drug-likeness (QED) is 0.642. The van der Waals surface area contributed by atoms with Crippen LogP contribution >= 0.6 is 22.9 Å². The molecule has 1 aliphatic carbocycles. The SMILES string of the molecule is CCCc1c2c(nc3sc4c(Cl)ncnc4c13)CCCC2. The highest BCUT2D eigenvalue weighted by atomic mass is 35.5. The maximum Gasteiger partial charge on any atom is 0.150 e. The molecular weight excluding hydrogens is 302 g/mol. The molecule has 0 aromatic carbocycles. The first-order valence-corrected chi connectivity index (χ1v) is 8.72. The Hall–Kier alpha value is -1.26. The van der Waals surface area contributed by atoms with Crippen LogP contribution in [0.4, 0.5) is 0 Å². The van der Waals surface area contributed by atoms with Crippen LogP contribution in [0.1, 0.15) is 43.0 Å². The zero-order valence-corrected chi connectivity index (χ0v) is 13.5. The Morgan fingerprint density at radius 3 is 2.95 bits per heavy atom. The zero-order chi connectivity index (χ0) is 14.4. The van der Waals surface area contributed by atoms with Gasteiger partial charge in [0.1, 0.15) is 16.3 Å². The van der Waals surface area contributed by atoms with Gasteiger partial charge in [-0.1, -0.05) is 24.9 Å². The normalized spacial score (nSPS) is 14.8. The van der Waals surface area contributed by atoms with E-state index in [0.29, 0.717) is 5.15 Å². The van der Waals surface area contributed by atoms with Crippen LogP contribution in [0.25, 0.3) is 20.4 Å². The van der Waals surface area contributed by atoms with Gasteiger partial charge in [0.25, 0.3) is 0 Å². The molecule has 108 valence electrons. The first-order valence-electron chi connectivity index (χ1n) is 7.53. The van der Waals surface area contributed by atoms with E-state index in [1.165, 1.54) is 35.0 Å². The molecule has 0 radical (unpaired) electrons. The topological polar surface area (TPSA) is 38.7 Å². The number of rotatable bonds is 2. The molecule has 21 heavy (non-hydrogen) atoms. The lowest BCUT2D eigenvalue weighted by Gasteiger charge is -2.19. The minimum Gasteiger partial charge on any atom is -0.242 e. The third-order valence-electron chi connectivity index (χ3n) is 4.25. The number of aryl methyl sites for hydroxylation is 2. The Morgan fingerprint density at radius 1 is 1.24 bits per heavy atom. The molecule has 3 aromatic rings. The number of nitrogens with zero attached hydrogens (tertiary/aromatic N) is 3. The number of pyridine rings is 1. The number of fused-ring (bicyclic) bond motifs is 4. The first-order chi connectivity index (χ1) is 10.3. The van der Waals surface area contributed by atoms with Crippen LogP contribution in [0, 0.1) is 0 Å². The van der Waals surface area contributed by atoms with E-state index in [1.807, 2.05) is 0 Å². The van der Waals surface area contributed by atoms with E-state index in [2.05, 4.69) is 16.9 Å². The Balaban J connectivity index is 2.14. The van der Waals surface area contributed by atoms with Gasteiger partial charge in [0.2, 0.25) is 0 Å².